The number of carboxylic acids is 1. The number of anilines is 1. The number of fused-ring (bicyclic) bond motifs is 2. The molecular formula is C16H16N2O4S2. The average Bonchev–Trinajstić information content (AvgIpc) is 3.29. The van der Waals surface area contributed by atoms with Crippen molar-refractivity contribution < 1.29 is 19.4 Å². The lowest BCUT2D eigenvalue weighted by Crippen LogP contribution is -2.40. The molecule has 2 aliphatic rings. The highest BCUT2D eigenvalue weighted by Gasteiger charge is 2.55. The quantitative estimate of drug-likeness (QED) is 0.871. The van der Waals surface area contributed by atoms with Crippen molar-refractivity contribution in [2.75, 3.05) is 5.32 Å². The smallest absolute Gasteiger partial charge is 0.310 e. The number of ether oxygens (including phenoxy) is 1. The van der Waals surface area contributed by atoms with E-state index in [2.05, 4.69) is 10.3 Å². The van der Waals surface area contributed by atoms with Crippen molar-refractivity contribution in [2.24, 2.45) is 11.8 Å². The molecule has 0 unspecified atom stereocenters. The van der Waals surface area contributed by atoms with Crippen LogP contribution in [0.4, 0.5) is 5.13 Å². The number of hydrogen-bond acceptors (Lipinski definition) is 6. The van der Waals surface area contributed by atoms with Crippen molar-refractivity contribution in [1.82, 2.24) is 4.98 Å². The van der Waals surface area contributed by atoms with Gasteiger partial charge >= 0.3 is 5.97 Å². The van der Waals surface area contributed by atoms with Gasteiger partial charge in [0.15, 0.2) is 5.13 Å². The van der Waals surface area contributed by atoms with Gasteiger partial charge in [0.1, 0.15) is 0 Å². The number of carbonyl (C=O) groups excluding carboxylic acids is 1. The van der Waals surface area contributed by atoms with Crippen LogP contribution in [0.2, 0.25) is 0 Å². The van der Waals surface area contributed by atoms with Gasteiger partial charge in [-0.3, -0.25) is 9.59 Å². The third-order valence-electron chi connectivity index (χ3n) is 4.59. The molecule has 8 heteroatoms. The van der Waals surface area contributed by atoms with Crippen LogP contribution in [0.15, 0.2) is 17.5 Å². The molecule has 0 radical (unpaired) electrons. The van der Waals surface area contributed by atoms with Crippen LogP contribution in [0.3, 0.4) is 0 Å². The molecule has 126 valence electrons. The highest BCUT2D eigenvalue weighted by molar-refractivity contribution is 7.17. The fraction of sp³-hybridized carbons (Fsp3) is 0.438. The monoisotopic (exact) mass is 364 g/mol. The second-order valence-corrected chi connectivity index (χ2v) is 8.26. The minimum Gasteiger partial charge on any atom is -0.481 e. The van der Waals surface area contributed by atoms with Crippen molar-refractivity contribution in [3.8, 4) is 10.6 Å². The van der Waals surface area contributed by atoms with Gasteiger partial charge in [-0.05, 0) is 31.9 Å². The van der Waals surface area contributed by atoms with E-state index in [0.717, 1.165) is 17.0 Å². The number of nitrogens with one attached hydrogen (secondary N) is 1. The lowest BCUT2D eigenvalue weighted by atomic mass is 9.79. The summed E-state index contributed by atoms with van der Waals surface area (Å²) in [4.78, 5) is 30.8. The molecule has 2 fully saturated rings. The van der Waals surface area contributed by atoms with E-state index in [1.807, 2.05) is 24.4 Å². The molecule has 4 heterocycles. The van der Waals surface area contributed by atoms with E-state index in [1.165, 1.54) is 16.2 Å². The molecule has 2 bridgehead atoms. The third-order valence-corrected chi connectivity index (χ3v) is 6.37. The highest BCUT2D eigenvalue weighted by atomic mass is 32.1. The first kappa shape index (κ1) is 15.7. The van der Waals surface area contributed by atoms with E-state index in [9.17, 15) is 14.7 Å². The zero-order valence-corrected chi connectivity index (χ0v) is 14.5. The van der Waals surface area contributed by atoms with E-state index < -0.39 is 17.8 Å². The number of rotatable bonds is 4. The Bertz CT molecular complexity index is 800. The van der Waals surface area contributed by atoms with Crippen LogP contribution >= 0.6 is 22.7 Å². The number of carboxylic acid groups (broad SMARTS) is 1. The molecule has 6 nitrogen and oxygen atoms in total. The number of carbonyl (C=O) groups is 2. The summed E-state index contributed by atoms with van der Waals surface area (Å²) in [7, 11) is 0. The SMILES string of the molecule is Cc1ccc(-c2csc(NC(=O)[C@H]3[C@H](C(=O)O)[C@H]4CC[C@H]3O4)n2)s1. The second-order valence-electron chi connectivity index (χ2n) is 6.12. The Balaban J connectivity index is 1.50. The molecule has 2 saturated heterocycles. The molecule has 4 rings (SSSR count). The van der Waals surface area contributed by atoms with Gasteiger partial charge in [0.05, 0.1) is 34.6 Å². The standard InChI is InChI=1S/C16H16N2O4S2/c1-7-2-5-11(24-7)8-6-23-16(17-8)18-14(19)12-9-3-4-10(22-9)13(12)15(20)21/h2,5-6,9-10,12-13H,3-4H2,1H3,(H,20,21)(H,17,18,19)/t9-,10-,12-,13-/m1/s1. The van der Waals surface area contributed by atoms with Gasteiger partial charge in [0.2, 0.25) is 5.91 Å². The molecule has 2 aromatic rings. The summed E-state index contributed by atoms with van der Waals surface area (Å²) in [5, 5.41) is 14.6. The number of nitrogens with zero attached hydrogens (tertiary/aromatic N) is 1. The number of hydrogen-bond donors (Lipinski definition) is 2. The molecule has 24 heavy (non-hydrogen) atoms. The molecule has 0 aliphatic carbocycles. The minimum absolute atomic E-state index is 0.296. The summed E-state index contributed by atoms with van der Waals surface area (Å²) in [5.74, 6) is -2.67. The third kappa shape index (κ3) is 2.64. The lowest BCUT2D eigenvalue weighted by Gasteiger charge is -2.23. The minimum atomic E-state index is -0.962. The van der Waals surface area contributed by atoms with Gasteiger partial charge in [-0.25, -0.2) is 4.98 Å². The summed E-state index contributed by atoms with van der Waals surface area (Å²) in [5.41, 5.74) is 0.826. The molecule has 0 spiro atoms. The Morgan fingerprint density at radius 3 is 2.71 bits per heavy atom. The maximum Gasteiger partial charge on any atom is 0.310 e. The molecule has 4 atom stereocenters. The van der Waals surface area contributed by atoms with Gasteiger partial charge in [-0.2, -0.15) is 0 Å². The summed E-state index contributed by atoms with van der Waals surface area (Å²) in [6.45, 7) is 2.03. The van der Waals surface area contributed by atoms with Crippen molar-refractivity contribution in [2.45, 2.75) is 32.0 Å². The average molecular weight is 364 g/mol. The van der Waals surface area contributed by atoms with Crippen LogP contribution in [0.1, 0.15) is 17.7 Å². The topological polar surface area (TPSA) is 88.5 Å². The van der Waals surface area contributed by atoms with Gasteiger partial charge in [0, 0.05) is 10.3 Å². The van der Waals surface area contributed by atoms with E-state index in [1.54, 1.807) is 11.3 Å². The normalized spacial score (nSPS) is 28.2. The van der Waals surface area contributed by atoms with Crippen LogP contribution in [0, 0.1) is 18.8 Å². The van der Waals surface area contributed by atoms with Crippen LogP contribution in [-0.4, -0.2) is 34.2 Å². The van der Waals surface area contributed by atoms with Gasteiger partial charge < -0.3 is 15.2 Å². The van der Waals surface area contributed by atoms with E-state index >= 15 is 0 Å². The van der Waals surface area contributed by atoms with E-state index in [-0.39, 0.29) is 18.1 Å². The van der Waals surface area contributed by atoms with Crippen LogP contribution in [0.5, 0.6) is 0 Å². The molecule has 0 saturated carbocycles. The Hall–Kier alpha value is -1.77. The van der Waals surface area contributed by atoms with Gasteiger partial charge in [-0.1, -0.05) is 0 Å². The molecule has 2 aromatic heterocycles. The Kier molecular flexibility index (Phi) is 3.90. The maximum atomic E-state index is 12.6. The zero-order valence-electron chi connectivity index (χ0n) is 12.9. The van der Waals surface area contributed by atoms with Gasteiger partial charge in [0.25, 0.3) is 0 Å². The summed E-state index contributed by atoms with van der Waals surface area (Å²) >= 11 is 2.99. The Labute approximate surface area is 146 Å². The number of amides is 1. The lowest BCUT2D eigenvalue weighted by molar-refractivity contribution is -0.147. The fourth-order valence-electron chi connectivity index (χ4n) is 3.53. The number of aryl methyl sites for hydroxylation is 1. The first-order chi connectivity index (χ1) is 11.5. The van der Waals surface area contributed by atoms with Crippen molar-refractivity contribution in [3.05, 3.63) is 22.4 Å². The fourth-order valence-corrected chi connectivity index (χ4v) is 5.15. The first-order valence-electron chi connectivity index (χ1n) is 7.74. The Morgan fingerprint density at radius 2 is 2.04 bits per heavy atom. The van der Waals surface area contributed by atoms with E-state index in [4.69, 9.17) is 4.74 Å². The van der Waals surface area contributed by atoms with Crippen LogP contribution < -0.4 is 5.32 Å². The number of aromatic nitrogens is 1. The van der Waals surface area contributed by atoms with Crippen molar-refractivity contribution in [1.29, 1.82) is 0 Å². The second kappa shape index (κ2) is 5.94. The molecular weight excluding hydrogens is 348 g/mol. The highest BCUT2D eigenvalue weighted by Crippen LogP contribution is 2.44. The molecule has 1 amide bonds. The number of aliphatic carboxylic acids is 1. The van der Waals surface area contributed by atoms with Crippen LogP contribution in [-0.2, 0) is 14.3 Å². The van der Waals surface area contributed by atoms with E-state index in [0.29, 0.717) is 11.6 Å². The Morgan fingerprint density at radius 1 is 1.29 bits per heavy atom. The van der Waals surface area contributed by atoms with Gasteiger partial charge in [-0.15, -0.1) is 22.7 Å². The summed E-state index contributed by atoms with van der Waals surface area (Å²) in [6.07, 6.45) is 0.814. The largest absolute Gasteiger partial charge is 0.481 e. The van der Waals surface area contributed by atoms with Crippen molar-refractivity contribution in [3.63, 3.8) is 0 Å². The molecule has 2 N–H and O–H groups in total. The van der Waals surface area contributed by atoms with Crippen molar-refractivity contribution >= 4 is 39.7 Å². The maximum absolute atomic E-state index is 12.6. The number of thiazole rings is 1. The molecule has 0 aromatic carbocycles. The first-order valence-corrected chi connectivity index (χ1v) is 9.44. The predicted octanol–water partition coefficient (Wildman–Crippen LogP) is 3.00. The predicted molar refractivity (Wildman–Crippen MR) is 91.3 cm³/mol. The number of thiophene rings is 1. The summed E-state index contributed by atoms with van der Waals surface area (Å²) in [6, 6.07) is 4.03. The molecule has 2 aliphatic heterocycles. The summed E-state index contributed by atoms with van der Waals surface area (Å²) < 4.78 is 5.64. The zero-order chi connectivity index (χ0) is 16.8. The van der Waals surface area contributed by atoms with Crippen LogP contribution in [0.25, 0.3) is 10.6 Å².